The van der Waals surface area contributed by atoms with E-state index >= 15 is 0 Å². The Balaban J connectivity index is 1.67. The van der Waals surface area contributed by atoms with Gasteiger partial charge in [0.1, 0.15) is 0 Å². The predicted octanol–water partition coefficient (Wildman–Crippen LogP) is 2.43. The van der Waals surface area contributed by atoms with Crippen molar-refractivity contribution in [3.63, 3.8) is 0 Å². The molecule has 2 fully saturated rings. The van der Waals surface area contributed by atoms with Gasteiger partial charge in [-0.05, 0) is 48.9 Å². The van der Waals surface area contributed by atoms with E-state index in [1.54, 1.807) is 0 Å². The molecular weight excluding hydrogens is 220 g/mol. The van der Waals surface area contributed by atoms with E-state index in [1.807, 2.05) is 0 Å². The van der Waals surface area contributed by atoms with Gasteiger partial charge in [0.15, 0.2) is 0 Å². The topological polar surface area (TPSA) is 15.3 Å². The van der Waals surface area contributed by atoms with Gasteiger partial charge < -0.3 is 5.32 Å². The minimum atomic E-state index is 0.598. The predicted molar refractivity (Wildman–Crippen MR) is 75.6 cm³/mol. The Morgan fingerprint density at radius 2 is 2.06 bits per heavy atom. The highest BCUT2D eigenvalue weighted by Gasteiger charge is 2.40. The van der Waals surface area contributed by atoms with E-state index in [0.717, 1.165) is 13.0 Å². The molecule has 0 saturated carbocycles. The average Bonchev–Trinajstić information content (AvgIpc) is 3.01. The van der Waals surface area contributed by atoms with Crippen LogP contribution in [0.1, 0.15) is 30.9 Å². The molecule has 0 aliphatic carbocycles. The maximum atomic E-state index is 3.54. The highest BCUT2D eigenvalue weighted by Crippen LogP contribution is 2.36. The van der Waals surface area contributed by atoms with Crippen molar-refractivity contribution in [1.29, 1.82) is 0 Å². The largest absolute Gasteiger partial charge is 0.316 e. The van der Waals surface area contributed by atoms with Gasteiger partial charge in [-0.1, -0.05) is 31.2 Å². The summed E-state index contributed by atoms with van der Waals surface area (Å²) in [5.74, 6) is 0. The highest BCUT2D eigenvalue weighted by molar-refractivity contribution is 5.27. The molecule has 2 heterocycles. The first-order valence-electron chi connectivity index (χ1n) is 7.31. The number of likely N-dealkylation sites (tertiary alicyclic amines) is 1. The molecule has 3 rings (SSSR count). The van der Waals surface area contributed by atoms with Gasteiger partial charge >= 0.3 is 0 Å². The fourth-order valence-electron chi connectivity index (χ4n) is 3.60. The van der Waals surface area contributed by atoms with Crippen LogP contribution in [-0.4, -0.2) is 31.1 Å². The Labute approximate surface area is 110 Å². The van der Waals surface area contributed by atoms with E-state index in [9.17, 15) is 0 Å². The maximum absolute atomic E-state index is 3.54. The van der Waals surface area contributed by atoms with Crippen LogP contribution in [0.25, 0.3) is 0 Å². The number of hydrogen-bond donors (Lipinski definition) is 1. The lowest BCUT2D eigenvalue weighted by atomic mass is 9.86. The number of rotatable bonds is 3. The summed E-state index contributed by atoms with van der Waals surface area (Å²) in [4.78, 5) is 2.65. The number of nitrogens with zero attached hydrogens (tertiary/aromatic N) is 1. The lowest BCUT2D eigenvalue weighted by Crippen LogP contribution is -2.29. The second-order valence-corrected chi connectivity index (χ2v) is 6.01. The monoisotopic (exact) mass is 244 g/mol. The second kappa shape index (κ2) is 5.02. The van der Waals surface area contributed by atoms with Crippen molar-refractivity contribution in [2.24, 2.45) is 5.41 Å². The molecule has 2 nitrogen and oxygen atoms in total. The minimum Gasteiger partial charge on any atom is -0.316 e. The maximum Gasteiger partial charge on any atom is 0.0236 e. The average molecular weight is 244 g/mol. The van der Waals surface area contributed by atoms with Crippen LogP contribution in [0.3, 0.4) is 0 Å². The molecule has 2 aliphatic rings. The minimum absolute atomic E-state index is 0.598. The van der Waals surface area contributed by atoms with Gasteiger partial charge in [-0.2, -0.15) is 0 Å². The Hall–Kier alpha value is -0.860. The van der Waals surface area contributed by atoms with Crippen LogP contribution in [0, 0.1) is 5.41 Å². The Bertz CT molecular complexity index is 407. The molecule has 2 saturated heterocycles. The van der Waals surface area contributed by atoms with E-state index in [4.69, 9.17) is 0 Å². The molecule has 0 aromatic heterocycles. The third-order valence-corrected chi connectivity index (χ3v) is 4.74. The molecule has 18 heavy (non-hydrogen) atoms. The van der Waals surface area contributed by atoms with Crippen molar-refractivity contribution in [1.82, 2.24) is 10.2 Å². The van der Waals surface area contributed by atoms with E-state index in [-0.39, 0.29) is 0 Å². The summed E-state index contributed by atoms with van der Waals surface area (Å²) in [5, 5.41) is 3.54. The number of benzene rings is 1. The third-order valence-electron chi connectivity index (χ3n) is 4.74. The molecule has 0 amide bonds. The van der Waals surface area contributed by atoms with Gasteiger partial charge in [0.25, 0.3) is 0 Å². The molecule has 2 heteroatoms. The third kappa shape index (κ3) is 2.32. The quantitative estimate of drug-likeness (QED) is 0.878. The fourth-order valence-corrected chi connectivity index (χ4v) is 3.60. The van der Waals surface area contributed by atoms with Gasteiger partial charge in [-0.15, -0.1) is 0 Å². The van der Waals surface area contributed by atoms with Crippen molar-refractivity contribution < 1.29 is 0 Å². The summed E-state index contributed by atoms with van der Waals surface area (Å²) in [6.07, 6.45) is 3.91. The van der Waals surface area contributed by atoms with Gasteiger partial charge in [0, 0.05) is 19.6 Å². The van der Waals surface area contributed by atoms with Crippen molar-refractivity contribution in [2.45, 2.75) is 32.7 Å². The summed E-state index contributed by atoms with van der Waals surface area (Å²) < 4.78 is 0. The Morgan fingerprint density at radius 1 is 1.22 bits per heavy atom. The number of nitrogens with one attached hydrogen (secondary N) is 1. The van der Waals surface area contributed by atoms with Crippen LogP contribution in [-0.2, 0) is 13.0 Å². The van der Waals surface area contributed by atoms with Crippen molar-refractivity contribution >= 4 is 0 Å². The SMILES string of the molecule is CCc1ccccc1CN1CCC2(CCNC2)C1. The molecule has 1 spiro atoms. The molecule has 2 aliphatic heterocycles. The smallest absolute Gasteiger partial charge is 0.0236 e. The van der Waals surface area contributed by atoms with E-state index in [2.05, 4.69) is 41.4 Å². The number of hydrogen-bond acceptors (Lipinski definition) is 2. The zero-order chi connectivity index (χ0) is 12.4. The lowest BCUT2D eigenvalue weighted by Gasteiger charge is -2.23. The summed E-state index contributed by atoms with van der Waals surface area (Å²) in [7, 11) is 0. The first kappa shape index (κ1) is 12.2. The second-order valence-electron chi connectivity index (χ2n) is 6.01. The molecule has 1 atom stereocenters. The zero-order valence-corrected chi connectivity index (χ0v) is 11.4. The van der Waals surface area contributed by atoms with Crippen LogP contribution in [0.5, 0.6) is 0 Å². The van der Waals surface area contributed by atoms with Crippen LogP contribution >= 0.6 is 0 Å². The zero-order valence-electron chi connectivity index (χ0n) is 11.4. The summed E-state index contributed by atoms with van der Waals surface area (Å²) in [6.45, 7) is 8.42. The Morgan fingerprint density at radius 3 is 2.78 bits per heavy atom. The van der Waals surface area contributed by atoms with Crippen LogP contribution < -0.4 is 5.32 Å². The molecule has 1 N–H and O–H groups in total. The summed E-state index contributed by atoms with van der Waals surface area (Å²) in [6, 6.07) is 8.92. The molecule has 98 valence electrons. The van der Waals surface area contributed by atoms with Crippen LogP contribution in [0.2, 0.25) is 0 Å². The standard InChI is InChI=1S/C16H24N2/c1-2-14-5-3-4-6-15(14)11-18-10-8-16(13-18)7-9-17-12-16/h3-6,17H,2,7-13H2,1H3. The van der Waals surface area contributed by atoms with Gasteiger partial charge in [0.2, 0.25) is 0 Å². The normalized spacial score (nSPS) is 28.3. The fraction of sp³-hybridized carbons (Fsp3) is 0.625. The van der Waals surface area contributed by atoms with Crippen LogP contribution in [0.4, 0.5) is 0 Å². The molecule has 0 radical (unpaired) electrons. The van der Waals surface area contributed by atoms with Gasteiger partial charge in [-0.3, -0.25) is 4.90 Å². The molecule has 1 unspecified atom stereocenters. The first-order chi connectivity index (χ1) is 8.81. The Kier molecular flexibility index (Phi) is 3.40. The van der Waals surface area contributed by atoms with Gasteiger partial charge in [0.05, 0.1) is 0 Å². The molecule has 1 aromatic rings. The molecule has 1 aromatic carbocycles. The summed E-state index contributed by atoms with van der Waals surface area (Å²) >= 11 is 0. The summed E-state index contributed by atoms with van der Waals surface area (Å²) in [5.41, 5.74) is 3.65. The lowest BCUT2D eigenvalue weighted by molar-refractivity contribution is 0.268. The van der Waals surface area contributed by atoms with Crippen LogP contribution in [0.15, 0.2) is 24.3 Å². The number of aryl methyl sites for hydroxylation is 1. The molecular formula is C16H24N2. The van der Waals surface area contributed by atoms with E-state index < -0.39 is 0 Å². The van der Waals surface area contributed by atoms with E-state index in [1.165, 1.54) is 50.1 Å². The van der Waals surface area contributed by atoms with Gasteiger partial charge in [-0.25, -0.2) is 0 Å². The van der Waals surface area contributed by atoms with Crippen molar-refractivity contribution in [3.05, 3.63) is 35.4 Å². The van der Waals surface area contributed by atoms with Crippen molar-refractivity contribution in [3.8, 4) is 0 Å². The first-order valence-corrected chi connectivity index (χ1v) is 7.31. The highest BCUT2D eigenvalue weighted by atomic mass is 15.2. The van der Waals surface area contributed by atoms with Crippen molar-refractivity contribution in [2.75, 3.05) is 26.2 Å². The molecule has 0 bridgehead atoms. The van der Waals surface area contributed by atoms with E-state index in [0.29, 0.717) is 5.41 Å².